The summed E-state index contributed by atoms with van der Waals surface area (Å²) in [4.78, 5) is 34.7. The molecule has 0 radical (unpaired) electrons. The van der Waals surface area contributed by atoms with Crippen LogP contribution in [0.15, 0.2) is 69.2 Å². The Morgan fingerprint density at radius 1 is 1.17 bits per heavy atom. The predicted octanol–water partition coefficient (Wildman–Crippen LogP) is 4.85. The van der Waals surface area contributed by atoms with Gasteiger partial charge in [0.25, 0.3) is 5.56 Å². The predicted molar refractivity (Wildman–Crippen MR) is 125 cm³/mol. The van der Waals surface area contributed by atoms with E-state index in [1.54, 1.807) is 29.8 Å². The van der Waals surface area contributed by atoms with E-state index in [0.717, 1.165) is 15.4 Å². The van der Waals surface area contributed by atoms with Crippen LogP contribution in [0, 0.1) is 0 Å². The molecule has 6 nitrogen and oxygen atoms in total. The minimum Gasteiger partial charge on any atom is -0.324 e. The van der Waals surface area contributed by atoms with Crippen LogP contribution in [0.3, 0.4) is 0 Å². The number of carbonyl (C=O) groups excluding carboxylic acids is 1. The topological polar surface area (TPSA) is 76.9 Å². The molecule has 0 aliphatic carbocycles. The lowest BCUT2D eigenvalue weighted by atomic mass is 10.2. The van der Waals surface area contributed by atoms with Crippen molar-refractivity contribution in [2.75, 3.05) is 5.32 Å². The first-order valence-electron chi connectivity index (χ1n) is 9.49. The molecule has 1 unspecified atom stereocenters. The third-order valence-corrected chi connectivity index (χ3v) is 6.34. The number of nitrogens with one attached hydrogen (secondary N) is 1. The fourth-order valence-electron chi connectivity index (χ4n) is 3.20. The Hall–Kier alpha value is -2.71. The molecular weight excluding hydrogens is 464 g/mol. The molecule has 2 aromatic heterocycles. The number of nitrogens with zero attached hydrogens (tertiary/aromatic N) is 3. The Balaban J connectivity index is 1.62. The van der Waals surface area contributed by atoms with Gasteiger partial charge in [-0.25, -0.2) is 4.98 Å². The van der Waals surface area contributed by atoms with Gasteiger partial charge in [-0.2, -0.15) is 0 Å². The first-order valence-corrected chi connectivity index (χ1v) is 11.2. The number of thioether (sulfide) groups is 1. The van der Waals surface area contributed by atoms with Crippen molar-refractivity contribution in [3.63, 3.8) is 0 Å². The van der Waals surface area contributed by atoms with Crippen LogP contribution < -0.4 is 10.9 Å². The lowest BCUT2D eigenvalue weighted by Gasteiger charge is -2.16. The number of halogens is 1. The molecule has 0 saturated heterocycles. The molecule has 2 heterocycles. The molecule has 1 N–H and O–H groups in total. The van der Waals surface area contributed by atoms with Crippen LogP contribution in [-0.2, 0) is 11.3 Å². The highest BCUT2D eigenvalue weighted by Crippen LogP contribution is 2.26. The molecule has 1 amide bonds. The van der Waals surface area contributed by atoms with E-state index < -0.39 is 5.25 Å². The molecule has 0 aliphatic heterocycles. The summed E-state index contributed by atoms with van der Waals surface area (Å²) < 4.78 is 2.43. The minimum atomic E-state index is -0.450. The van der Waals surface area contributed by atoms with Crippen LogP contribution in [0.25, 0.3) is 21.8 Å². The highest BCUT2D eigenvalue weighted by Gasteiger charge is 2.20. The minimum absolute atomic E-state index is 0.112. The molecule has 0 saturated carbocycles. The fourth-order valence-corrected chi connectivity index (χ4v) is 4.53. The van der Waals surface area contributed by atoms with Gasteiger partial charge < -0.3 is 5.32 Å². The molecule has 30 heavy (non-hydrogen) atoms. The van der Waals surface area contributed by atoms with Gasteiger partial charge in [0, 0.05) is 22.6 Å². The lowest BCUT2D eigenvalue weighted by Crippen LogP contribution is -2.26. The standard InChI is InChI=1S/C22H19BrN4O2S/c1-3-27-21(29)16-12-14(23)9-10-19(16)26-22(27)30-13(2)20(28)25-18-8-4-7-17-15(18)6-5-11-24-17/h4-13H,3H2,1-2H3,(H,25,28). The number of hydrogen-bond donors (Lipinski definition) is 1. The summed E-state index contributed by atoms with van der Waals surface area (Å²) in [6, 6.07) is 14.8. The van der Waals surface area contributed by atoms with Gasteiger partial charge in [-0.15, -0.1) is 0 Å². The summed E-state index contributed by atoms with van der Waals surface area (Å²) in [5.41, 5.74) is 2.03. The van der Waals surface area contributed by atoms with Gasteiger partial charge in [0.15, 0.2) is 5.16 Å². The normalized spacial score (nSPS) is 12.2. The van der Waals surface area contributed by atoms with Crippen LogP contribution in [0.4, 0.5) is 5.69 Å². The summed E-state index contributed by atoms with van der Waals surface area (Å²) in [5, 5.41) is 4.49. The molecule has 4 rings (SSSR count). The van der Waals surface area contributed by atoms with Crippen molar-refractivity contribution in [3.8, 4) is 0 Å². The molecule has 2 aromatic carbocycles. The largest absolute Gasteiger partial charge is 0.324 e. The number of pyridine rings is 1. The quantitative estimate of drug-likeness (QED) is 0.325. The van der Waals surface area contributed by atoms with Gasteiger partial charge in [-0.3, -0.25) is 19.1 Å². The van der Waals surface area contributed by atoms with E-state index >= 15 is 0 Å². The Morgan fingerprint density at radius 3 is 2.80 bits per heavy atom. The second kappa shape index (κ2) is 8.57. The molecule has 4 aromatic rings. The van der Waals surface area contributed by atoms with Crippen molar-refractivity contribution in [2.24, 2.45) is 0 Å². The molecule has 1 atom stereocenters. The summed E-state index contributed by atoms with van der Waals surface area (Å²) in [5.74, 6) is -0.163. The van der Waals surface area contributed by atoms with E-state index in [1.807, 2.05) is 43.3 Å². The zero-order valence-electron chi connectivity index (χ0n) is 16.4. The zero-order valence-corrected chi connectivity index (χ0v) is 18.8. The third-order valence-electron chi connectivity index (χ3n) is 4.75. The van der Waals surface area contributed by atoms with E-state index in [4.69, 9.17) is 0 Å². The average molecular weight is 483 g/mol. The maximum Gasteiger partial charge on any atom is 0.262 e. The number of amides is 1. The fraction of sp³-hybridized carbons (Fsp3) is 0.182. The Kier molecular flexibility index (Phi) is 5.87. The summed E-state index contributed by atoms with van der Waals surface area (Å²) in [6.07, 6.45) is 1.72. The van der Waals surface area contributed by atoms with Crippen LogP contribution in [-0.4, -0.2) is 25.7 Å². The molecule has 0 aliphatic rings. The summed E-state index contributed by atoms with van der Waals surface area (Å²) in [6.45, 7) is 4.17. The Morgan fingerprint density at radius 2 is 2.00 bits per heavy atom. The number of benzene rings is 2. The van der Waals surface area contributed by atoms with Crippen LogP contribution in [0.1, 0.15) is 13.8 Å². The Bertz CT molecular complexity index is 1320. The number of aromatic nitrogens is 3. The van der Waals surface area contributed by atoms with Gasteiger partial charge in [-0.05, 0) is 56.3 Å². The number of anilines is 1. The van der Waals surface area contributed by atoms with E-state index in [2.05, 4.69) is 31.2 Å². The molecule has 0 bridgehead atoms. The molecular formula is C22H19BrN4O2S. The molecule has 8 heteroatoms. The second-order valence-electron chi connectivity index (χ2n) is 6.73. The summed E-state index contributed by atoms with van der Waals surface area (Å²) >= 11 is 4.67. The second-order valence-corrected chi connectivity index (χ2v) is 8.95. The maximum atomic E-state index is 12.9. The number of carbonyl (C=O) groups is 1. The van der Waals surface area contributed by atoms with E-state index in [-0.39, 0.29) is 11.5 Å². The van der Waals surface area contributed by atoms with E-state index in [0.29, 0.717) is 28.3 Å². The summed E-state index contributed by atoms with van der Waals surface area (Å²) in [7, 11) is 0. The van der Waals surface area contributed by atoms with Crippen LogP contribution in [0.2, 0.25) is 0 Å². The highest BCUT2D eigenvalue weighted by atomic mass is 79.9. The smallest absolute Gasteiger partial charge is 0.262 e. The van der Waals surface area contributed by atoms with E-state index in [1.165, 1.54) is 11.8 Å². The first kappa shape index (κ1) is 20.6. The number of hydrogen-bond acceptors (Lipinski definition) is 5. The first-order chi connectivity index (χ1) is 14.5. The van der Waals surface area contributed by atoms with Crippen molar-refractivity contribution < 1.29 is 4.79 Å². The van der Waals surface area contributed by atoms with Crippen molar-refractivity contribution in [1.29, 1.82) is 0 Å². The van der Waals surface area contributed by atoms with Gasteiger partial charge in [0.05, 0.1) is 27.4 Å². The Labute approximate surface area is 185 Å². The van der Waals surface area contributed by atoms with Crippen LogP contribution >= 0.6 is 27.7 Å². The van der Waals surface area contributed by atoms with Crippen molar-refractivity contribution >= 4 is 61.1 Å². The van der Waals surface area contributed by atoms with Crippen molar-refractivity contribution in [2.45, 2.75) is 30.8 Å². The zero-order chi connectivity index (χ0) is 21.3. The van der Waals surface area contributed by atoms with Gasteiger partial charge >= 0.3 is 0 Å². The lowest BCUT2D eigenvalue weighted by molar-refractivity contribution is -0.115. The van der Waals surface area contributed by atoms with Gasteiger partial charge in [0.1, 0.15) is 0 Å². The monoisotopic (exact) mass is 482 g/mol. The third kappa shape index (κ3) is 3.97. The molecule has 0 spiro atoms. The van der Waals surface area contributed by atoms with Crippen LogP contribution in [0.5, 0.6) is 0 Å². The SMILES string of the molecule is CCn1c(SC(C)C(=O)Nc2cccc3ncccc23)nc2ccc(Br)cc2c1=O. The van der Waals surface area contributed by atoms with Gasteiger partial charge in [-0.1, -0.05) is 33.8 Å². The number of rotatable bonds is 5. The average Bonchev–Trinajstić information content (AvgIpc) is 2.75. The maximum absolute atomic E-state index is 12.9. The van der Waals surface area contributed by atoms with E-state index in [9.17, 15) is 9.59 Å². The van der Waals surface area contributed by atoms with Gasteiger partial charge in [0.2, 0.25) is 5.91 Å². The molecule has 0 fully saturated rings. The molecule has 152 valence electrons. The number of fused-ring (bicyclic) bond motifs is 2. The van der Waals surface area contributed by atoms with Crippen molar-refractivity contribution in [1.82, 2.24) is 14.5 Å². The van der Waals surface area contributed by atoms with Crippen molar-refractivity contribution in [3.05, 3.63) is 69.6 Å². The highest BCUT2D eigenvalue weighted by molar-refractivity contribution is 9.10.